The van der Waals surface area contributed by atoms with Crippen molar-refractivity contribution in [3.63, 3.8) is 0 Å². The van der Waals surface area contributed by atoms with E-state index in [1.165, 1.54) is 20.0 Å². The molecule has 4 nitrogen and oxygen atoms in total. The maximum atomic E-state index is 11.7. The third-order valence-corrected chi connectivity index (χ3v) is 6.47. The second kappa shape index (κ2) is 5.24. The minimum absolute atomic E-state index is 0.0453. The molecule has 0 aromatic rings. The van der Waals surface area contributed by atoms with Gasteiger partial charge < -0.3 is 15.2 Å². The molecule has 0 aliphatic heterocycles. The molecule has 5 atom stereocenters. The van der Waals surface area contributed by atoms with E-state index in [2.05, 4.69) is 20.8 Å². The molecule has 122 valence electrons. The van der Waals surface area contributed by atoms with Crippen molar-refractivity contribution < 1.29 is 14.3 Å². The Kier molecular flexibility index (Phi) is 4.18. The number of hydrogen-bond donors (Lipinski definition) is 1. The largest absolute Gasteiger partial charge is 0.468 e. The summed E-state index contributed by atoms with van der Waals surface area (Å²) in [6.07, 6.45) is 4.39. The molecule has 0 radical (unpaired) electrons. The van der Waals surface area contributed by atoms with E-state index in [-0.39, 0.29) is 23.6 Å². The van der Waals surface area contributed by atoms with E-state index >= 15 is 0 Å². The first-order valence-electron chi connectivity index (χ1n) is 8.07. The Balaban J connectivity index is 1.99. The molecule has 0 spiro atoms. The number of carbonyl (C=O) groups is 1. The molecule has 0 aromatic carbocycles. The normalized spacial score (nSPS) is 38.0. The maximum absolute atomic E-state index is 11.7. The highest BCUT2D eigenvalue weighted by Gasteiger charge is 2.62. The second-order valence-corrected chi connectivity index (χ2v) is 8.16. The number of methoxy groups -OCH3 is 1. The summed E-state index contributed by atoms with van der Waals surface area (Å²) in [5.74, 6) is 0.377. The zero-order valence-electron chi connectivity index (χ0n) is 14.4. The van der Waals surface area contributed by atoms with Gasteiger partial charge in [0.1, 0.15) is 5.54 Å². The molecule has 21 heavy (non-hydrogen) atoms. The Hall–Kier alpha value is -0.610. The molecule has 2 saturated carbocycles. The lowest BCUT2D eigenvalue weighted by Crippen LogP contribution is -2.49. The van der Waals surface area contributed by atoms with E-state index in [0.717, 1.165) is 12.3 Å². The molecule has 2 aliphatic rings. The fourth-order valence-corrected chi connectivity index (χ4v) is 4.58. The lowest BCUT2D eigenvalue weighted by Gasteiger charge is -2.40. The van der Waals surface area contributed by atoms with E-state index in [1.54, 1.807) is 6.92 Å². The molecule has 2 aliphatic carbocycles. The predicted octanol–water partition coefficient (Wildman–Crippen LogP) is 2.89. The summed E-state index contributed by atoms with van der Waals surface area (Å²) in [6, 6.07) is 0. The highest BCUT2D eigenvalue weighted by atomic mass is 16.5. The number of nitrogens with two attached hydrogens (primary N) is 1. The minimum Gasteiger partial charge on any atom is -0.468 e. The Morgan fingerprint density at radius 2 is 2.05 bits per heavy atom. The van der Waals surface area contributed by atoms with Gasteiger partial charge in [-0.05, 0) is 49.9 Å². The fraction of sp³-hybridized carbons (Fsp3) is 0.941. The van der Waals surface area contributed by atoms with Crippen molar-refractivity contribution in [3.05, 3.63) is 0 Å². The van der Waals surface area contributed by atoms with Crippen LogP contribution in [0.3, 0.4) is 0 Å². The maximum Gasteiger partial charge on any atom is 0.325 e. The zero-order chi connectivity index (χ0) is 16.1. The summed E-state index contributed by atoms with van der Waals surface area (Å²) >= 11 is 0. The average Bonchev–Trinajstić information content (AvgIpc) is 2.70. The zero-order valence-corrected chi connectivity index (χ0v) is 14.4. The number of fused-ring (bicyclic) bond motifs is 2. The molecule has 2 rings (SSSR count). The average molecular weight is 297 g/mol. The van der Waals surface area contributed by atoms with E-state index < -0.39 is 5.54 Å². The number of hydrogen-bond acceptors (Lipinski definition) is 4. The fourth-order valence-electron chi connectivity index (χ4n) is 4.58. The minimum atomic E-state index is -0.984. The number of esters is 1. The van der Waals surface area contributed by atoms with Crippen molar-refractivity contribution >= 4 is 5.97 Å². The van der Waals surface area contributed by atoms with Crippen LogP contribution >= 0.6 is 0 Å². The van der Waals surface area contributed by atoms with Crippen molar-refractivity contribution in [2.45, 2.75) is 78.0 Å². The number of rotatable bonds is 5. The summed E-state index contributed by atoms with van der Waals surface area (Å²) in [6.45, 7) is 10.8. The van der Waals surface area contributed by atoms with Crippen LogP contribution in [0.2, 0.25) is 0 Å². The van der Waals surface area contributed by atoms with Crippen LogP contribution in [0.1, 0.15) is 60.3 Å². The van der Waals surface area contributed by atoms with Gasteiger partial charge in [0.15, 0.2) is 0 Å². The molecular weight excluding hydrogens is 266 g/mol. The van der Waals surface area contributed by atoms with E-state index in [9.17, 15) is 4.79 Å². The van der Waals surface area contributed by atoms with Gasteiger partial charge in [-0.25, -0.2) is 0 Å². The van der Waals surface area contributed by atoms with E-state index in [0.29, 0.717) is 11.8 Å². The Labute approximate surface area is 128 Å². The molecule has 0 aromatic heterocycles. The standard InChI is InChI=1S/C17H31NO3/c1-11(10-17(5,18)14(19)20-6)21-13-9-12-7-8-16(13,4)15(12,2)3/h11-13H,7-10,18H2,1-6H3. The molecule has 2 bridgehead atoms. The summed E-state index contributed by atoms with van der Waals surface area (Å²) < 4.78 is 11.1. The van der Waals surface area contributed by atoms with Gasteiger partial charge in [-0.1, -0.05) is 20.8 Å². The van der Waals surface area contributed by atoms with Crippen molar-refractivity contribution in [2.75, 3.05) is 7.11 Å². The topological polar surface area (TPSA) is 61.5 Å². The SMILES string of the molecule is COC(=O)C(C)(N)CC(C)OC1CC2CCC1(C)C2(C)C. The first-order valence-corrected chi connectivity index (χ1v) is 8.07. The lowest BCUT2D eigenvalue weighted by molar-refractivity contribution is -0.149. The third kappa shape index (κ3) is 2.61. The Morgan fingerprint density at radius 1 is 1.43 bits per heavy atom. The van der Waals surface area contributed by atoms with Gasteiger partial charge in [-0.15, -0.1) is 0 Å². The monoisotopic (exact) mass is 297 g/mol. The number of carbonyl (C=O) groups excluding carboxylic acids is 1. The summed E-state index contributed by atoms with van der Waals surface area (Å²) in [5.41, 5.74) is 5.65. The van der Waals surface area contributed by atoms with Crippen LogP contribution in [0.15, 0.2) is 0 Å². The smallest absolute Gasteiger partial charge is 0.325 e. The van der Waals surface area contributed by atoms with Crippen LogP contribution in [0.25, 0.3) is 0 Å². The van der Waals surface area contributed by atoms with Crippen molar-refractivity contribution in [2.24, 2.45) is 22.5 Å². The third-order valence-electron chi connectivity index (χ3n) is 6.47. The molecule has 0 amide bonds. The molecule has 5 unspecified atom stereocenters. The van der Waals surface area contributed by atoms with E-state index in [4.69, 9.17) is 15.2 Å². The molecular formula is C17H31NO3. The predicted molar refractivity (Wildman–Crippen MR) is 82.8 cm³/mol. The quantitative estimate of drug-likeness (QED) is 0.793. The molecule has 0 saturated heterocycles. The second-order valence-electron chi connectivity index (χ2n) is 8.16. The molecule has 2 fully saturated rings. The summed E-state index contributed by atoms with van der Waals surface area (Å²) in [5, 5.41) is 0. The van der Waals surface area contributed by atoms with E-state index in [1.807, 2.05) is 6.92 Å². The van der Waals surface area contributed by atoms with Gasteiger partial charge in [0, 0.05) is 6.42 Å². The van der Waals surface area contributed by atoms with Crippen molar-refractivity contribution in [3.8, 4) is 0 Å². The highest BCUT2D eigenvalue weighted by molar-refractivity contribution is 5.79. The molecule has 2 N–H and O–H groups in total. The summed E-state index contributed by atoms with van der Waals surface area (Å²) in [4.78, 5) is 11.7. The highest BCUT2D eigenvalue weighted by Crippen LogP contribution is 2.66. The van der Waals surface area contributed by atoms with Crippen LogP contribution in [0, 0.1) is 16.7 Å². The van der Waals surface area contributed by atoms with Crippen molar-refractivity contribution in [1.29, 1.82) is 0 Å². The van der Waals surface area contributed by atoms with Crippen LogP contribution in [0.4, 0.5) is 0 Å². The lowest BCUT2D eigenvalue weighted by atomic mass is 9.70. The van der Waals surface area contributed by atoms with Crippen LogP contribution in [0.5, 0.6) is 0 Å². The first kappa shape index (κ1) is 16.8. The van der Waals surface area contributed by atoms with Gasteiger partial charge in [-0.2, -0.15) is 0 Å². The van der Waals surface area contributed by atoms with Gasteiger partial charge in [-0.3, -0.25) is 4.79 Å². The summed E-state index contributed by atoms with van der Waals surface area (Å²) in [7, 11) is 1.37. The molecule has 0 heterocycles. The van der Waals surface area contributed by atoms with Gasteiger partial charge >= 0.3 is 5.97 Å². The molecule has 4 heteroatoms. The Bertz CT molecular complexity index is 418. The first-order chi connectivity index (χ1) is 9.54. The van der Waals surface area contributed by atoms with Gasteiger partial charge in [0.2, 0.25) is 0 Å². The van der Waals surface area contributed by atoms with Gasteiger partial charge in [0.25, 0.3) is 0 Å². The Morgan fingerprint density at radius 3 is 2.48 bits per heavy atom. The number of ether oxygens (including phenoxy) is 2. The van der Waals surface area contributed by atoms with Crippen LogP contribution in [-0.4, -0.2) is 30.8 Å². The van der Waals surface area contributed by atoms with Crippen molar-refractivity contribution in [1.82, 2.24) is 0 Å². The van der Waals surface area contributed by atoms with Crippen LogP contribution < -0.4 is 5.73 Å². The van der Waals surface area contributed by atoms with Crippen LogP contribution in [-0.2, 0) is 14.3 Å². The van der Waals surface area contributed by atoms with Gasteiger partial charge in [0.05, 0.1) is 19.3 Å².